The van der Waals surface area contributed by atoms with Crippen molar-refractivity contribution >= 4 is 35.3 Å². The maximum Gasteiger partial charge on any atom is 0.341 e. The lowest BCUT2D eigenvalue weighted by atomic mass is 10.1. The molecule has 13 nitrogen and oxygen atoms in total. The van der Waals surface area contributed by atoms with Crippen LogP contribution in [0.2, 0.25) is 0 Å². The highest BCUT2D eigenvalue weighted by Gasteiger charge is 2.24. The molecule has 0 bridgehead atoms. The number of esters is 1. The number of hydrogen-bond acceptors (Lipinski definition) is 9. The van der Waals surface area contributed by atoms with Crippen molar-refractivity contribution in [2.24, 2.45) is 5.73 Å². The molecule has 0 aliphatic rings. The largest absolute Gasteiger partial charge is 0.490 e. The first kappa shape index (κ1) is 32.3. The predicted molar refractivity (Wildman–Crippen MR) is 140 cm³/mol. The van der Waals surface area contributed by atoms with Crippen molar-refractivity contribution in [3.8, 4) is 5.75 Å². The van der Waals surface area contributed by atoms with Gasteiger partial charge in [-0.15, -0.1) is 0 Å². The second kappa shape index (κ2) is 17.7. The van der Waals surface area contributed by atoms with Gasteiger partial charge in [-0.25, -0.2) is 4.79 Å². The number of nitrogens with one attached hydrogen (secondary N) is 4. The summed E-state index contributed by atoms with van der Waals surface area (Å²) >= 11 is 0. The van der Waals surface area contributed by atoms with E-state index < -0.39 is 29.9 Å². The highest BCUT2D eigenvalue weighted by molar-refractivity contribution is 5.99. The van der Waals surface area contributed by atoms with Crippen molar-refractivity contribution in [1.82, 2.24) is 16.0 Å². The van der Waals surface area contributed by atoms with E-state index in [0.717, 1.165) is 0 Å². The number of methoxy groups -OCH3 is 1. The quantitative estimate of drug-likeness (QED) is 0.135. The second-order valence-corrected chi connectivity index (χ2v) is 8.40. The van der Waals surface area contributed by atoms with Gasteiger partial charge in [0.1, 0.15) is 30.0 Å². The molecule has 0 radical (unpaired) electrons. The minimum absolute atomic E-state index is 0.134. The number of unbranched alkanes of at least 4 members (excludes halogenated alkanes) is 1. The minimum atomic E-state index is -0.926. The summed E-state index contributed by atoms with van der Waals surface area (Å²) in [5.74, 6) is -1.99. The summed E-state index contributed by atoms with van der Waals surface area (Å²) < 4.78 is 15.7. The van der Waals surface area contributed by atoms with Crippen LogP contribution in [0.3, 0.4) is 0 Å². The average Bonchev–Trinajstić information content (AvgIpc) is 2.86. The van der Waals surface area contributed by atoms with Crippen LogP contribution in [0, 0.1) is 0 Å². The molecule has 1 aromatic carbocycles. The molecule has 212 valence electrons. The minimum Gasteiger partial charge on any atom is -0.490 e. The lowest BCUT2D eigenvalue weighted by Gasteiger charge is -2.21. The molecular formula is C25H39N5O8. The van der Waals surface area contributed by atoms with Gasteiger partial charge < -0.3 is 41.2 Å². The number of hydrogen-bond donors (Lipinski definition) is 5. The van der Waals surface area contributed by atoms with Crippen LogP contribution in [0.1, 0.15) is 50.4 Å². The number of rotatable bonds is 17. The third-order valence-electron chi connectivity index (χ3n) is 5.14. The first-order valence-electron chi connectivity index (χ1n) is 12.3. The van der Waals surface area contributed by atoms with Crippen LogP contribution in [0.4, 0.5) is 5.69 Å². The normalized spacial score (nSPS) is 12.0. The lowest BCUT2D eigenvalue weighted by molar-refractivity contribution is -0.130. The molecule has 0 aliphatic carbocycles. The Bertz CT molecular complexity index is 956. The van der Waals surface area contributed by atoms with E-state index in [1.165, 1.54) is 46.1 Å². The summed E-state index contributed by atoms with van der Waals surface area (Å²) in [6, 6.07) is 2.67. The number of benzene rings is 1. The topological polar surface area (TPSA) is 187 Å². The lowest BCUT2D eigenvalue weighted by Crippen LogP contribution is -2.51. The first-order chi connectivity index (χ1) is 18.1. The van der Waals surface area contributed by atoms with Gasteiger partial charge in [0.15, 0.2) is 0 Å². The number of nitrogens with two attached hydrogens (primary N) is 1. The molecule has 0 fully saturated rings. The van der Waals surface area contributed by atoms with Crippen molar-refractivity contribution in [3.63, 3.8) is 0 Å². The maximum atomic E-state index is 13.1. The maximum absolute atomic E-state index is 13.1. The van der Waals surface area contributed by atoms with E-state index in [0.29, 0.717) is 38.2 Å². The van der Waals surface area contributed by atoms with E-state index in [9.17, 15) is 24.0 Å². The molecule has 0 saturated carbocycles. The molecule has 4 amide bonds. The Morgan fingerprint density at radius 1 is 0.947 bits per heavy atom. The Hall–Kier alpha value is -3.71. The van der Waals surface area contributed by atoms with Gasteiger partial charge in [0.25, 0.3) is 0 Å². The summed E-state index contributed by atoms with van der Waals surface area (Å²) in [6.07, 6.45) is 1.41. The summed E-state index contributed by atoms with van der Waals surface area (Å²) in [5.41, 5.74) is 5.88. The zero-order chi connectivity index (χ0) is 28.5. The van der Waals surface area contributed by atoms with Crippen molar-refractivity contribution in [1.29, 1.82) is 0 Å². The summed E-state index contributed by atoms with van der Waals surface area (Å²) in [6.45, 7) is 5.75. The molecule has 1 aromatic rings. The van der Waals surface area contributed by atoms with E-state index in [4.69, 9.17) is 19.9 Å². The van der Waals surface area contributed by atoms with Crippen LogP contribution in [-0.4, -0.2) is 81.7 Å². The van der Waals surface area contributed by atoms with Gasteiger partial charge in [0.05, 0.1) is 20.3 Å². The van der Waals surface area contributed by atoms with Gasteiger partial charge in [-0.05, 0) is 38.3 Å². The van der Waals surface area contributed by atoms with Crippen LogP contribution in [0.25, 0.3) is 0 Å². The van der Waals surface area contributed by atoms with Gasteiger partial charge in [0.2, 0.25) is 23.6 Å². The van der Waals surface area contributed by atoms with Gasteiger partial charge >= 0.3 is 5.97 Å². The smallest absolute Gasteiger partial charge is 0.341 e. The molecule has 13 heteroatoms. The molecule has 0 spiro atoms. The van der Waals surface area contributed by atoms with Crippen LogP contribution in [0.15, 0.2) is 18.2 Å². The van der Waals surface area contributed by atoms with Crippen LogP contribution < -0.4 is 31.7 Å². The Morgan fingerprint density at radius 3 is 2.32 bits per heavy atom. The Labute approximate surface area is 222 Å². The van der Waals surface area contributed by atoms with Gasteiger partial charge in [0, 0.05) is 38.7 Å². The molecule has 0 aliphatic heterocycles. The molecule has 0 aromatic heterocycles. The Balaban J connectivity index is 2.99. The van der Waals surface area contributed by atoms with Crippen LogP contribution in [-0.2, 0) is 28.7 Å². The zero-order valence-corrected chi connectivity index (χ0v) is 22.4. The van der Waals surface area contributed by atoms with Gasteiger partial charge in [-0.3, -0.25) is 19.2 Å². The first-order valence-corrected chi connectivity index (χ1v) is 12.3. The predicted octanol–water partition coefficient (Wildman–Crippen LogP) is 0.0816. The fourth-order valence-corrected chi connectivity index (χ4v) is 3.30. The van der Waals surface area contributed by atoms with Gasteiger partial charge in [-0.2, -0.15) is 0 Å². The van der Waals surface area contributed by atoms with E-state index in [1.54, 1.807) is 0 Å². The van der Waals surface area contributed by atoms with Crippen molar-refractivity contribution < 1.29 is 38.2 Å². The number of anilines is 1. The second-order valence-electron chi connectivity index (χ2n) is 8.40. The van der Waals surface area contributed by atoms with E-state index in [2.05, 4.69) is 21.3 Å². The Kier molecular flexibility index (Phi) is 15.0. The Morgan fingerprint density at radius 2 is 1.68 bits per heavy atom. The average molecular weight is 538 g/mol. The zero-order valence-electron chi connectivity index (χ0n) is 22.4. The summed E-state index contributed by atoms with van der Waals surface area (Å²) in [4.78, 5) is 60.2. The molecule has 1 unspecified atom stereocenters. The number of carbonyl (C=O) groups excluding carboxylic acids is 5. The highest BCUT2D eigenvalue weighted by Crippen LogP contribution is 2.25. The molecule has 1 rings (SSSR count). The van der Waals surface area contributed by atoms with Crippen molar-refractivity contribution in [3.05, 3.63) is 23.8 Å². The number of carbonyl (C=O) groups is 5. The van der Waals surface area contributed by atoms with Crippen molar-refractivity contribution in [2.45, 2.75) is 52.1 Å². The number of amides is 4. The molecule has 2 atom stereocenters. The molecule has 0 heterocycles. The van der Waals surface area contributed by atoms with Crippen molar-refractivity contribution in [2.75, 3.05) is 45.3 Å². The number of ether oxygens (including phenoxy) is 3. The third-order valence-corrected chi connectivity index (χ3v) is 5.14. The highest BCUT2D eigenvalue weighted by atomic mass is 16.5. The monoisotopic (exact) mass is 537 g/mol. The van der Waals surface area contributed by atoms with E-state index in [1.807, 2.05) is 0 Å². The SMILES string of the molecule is COC(=O)c1ccc(NC(=O)[C@H](CCCCNC(C)=O)NC(=O)C(C)NC(C)=O)cc1OCCOCCN. The molecule has 6 N–H and O–H groups in total. The van der Waals surface area contributed by atoms with E-state index in [-0.39, 0.29) is 42.8 Å². The molecular weight excluding hydrogens is 498 g/mol. The molecule has 0 saturated heterocycles. The summed E-state index contributed by atoms with van der Waals surface area (Å²) in [5, 5.41) is 10.6. The molecule has 38 heavy (non-hydrogen) atoms. The fraction of sp³-hybridized carbons (Fsp3) is 0.560. The fourth-order valence-electron chi connectivity index (χ4n) is 3.30. The van der Waals surface area contributed by atoms with Gasteiger partial charge in [-0.1, -0.05) is 0 Å². The third kappa shape index (κ3) is 12.5. The summed E-state index contributed by atoms with van der Waals surface area (Å²) in [7, 11) is 1.24. The van der Waals surface area contributed by atoms with Crippen LogP contribution in [0.5, 0.6) is 5.75 Å². The standard InChI is InChI=1S/C25H39N5O8/c1-16(28-18(3)32)23(33)30-21(7-5-6-11-27-17(2)31)24(34)29-19-8-9-20(25(35)36-4)22(15-19)38-14-13-37-12-10-26/h8-9,15-16,21H,5-7,10-14,26H2,1-4H3,(H,27,31)(H,28,32)(H,29,34)(H,30,33)/t16?,21-/m0/s1. The van der Waals surface area contributed by atoms with E-state index >= 15 is 0 Å². The van der Waals surface area contributed by atoms with Crippen LogP contribution >= 0.6 is 0 Å².